The fourth-order valence-corrected chi connectivity index (χ4v) is 3.81. The molecule has 0 atom stereocenters. The summed E-state index contributed by atoms with van der Waals surface area (Å²) in [5.41, 5.74) is 4.95. The van der Waals surface area contributed by atoms with E-state index in [1.807, 2.05) is 41.3 Å². The molecule has 2 aliphatic rings. The van der Waals surface area contributed by atoms with Crippen LogP contribution in [0.15, 0.2) is 36.4 Å². The summed E-state index contributed by atoms with van der Waals surface area (Å²) in [4.78, 5) is 26.5. The van der Waals surface area contributed by atoms with E-state index in [1.165, 1.54) is 0 Å². The van der Waals surface area contributed by atoms with Crippen molar-refractivity contribution < 1.29 is 9.59 Å². The number of nitrogens with one attached hydrogen (secondary N) is 1. The predicted octanol–water partition coefficient (Wildman–Crippen LogP) is 3.15. The Labute approximate surface area is 151 Å². The van der Waals surface area contributed by atoms with Gasteiger partial charge in [0.25, 0.3) is 5.91 Å². The second-order valence-electron chi connectivity index (χ2n) is 6.60. The molecule has 2 aromatic rings. The zero-order valence-corrected chi connectivity index (χ0v) is 14.6. The van der Waals surface area contributed by atoms with Crippen molar-refractivity contribution in [1.29, 1.82) is 0 Å². The smallest absolute Gasteiger partial charge is 0.251 e. The molecular formula is C20H19ClN2O2. The molecule has 2 aliphatic heterocycles. The van der Waals surface area contributed by atoms with Gasteiger partial charge in [0, 0.05) is 23.7 Å². The Morgan fingerprint density at radius 1 is 1.16 bits per heavy atom. The van der Waals surface area contributed by atoms with Crippen LogP contribution >= 0.6 is 11.6 Å². The van der Waals surface area contributed by atoms with Gasteiger partial charge < -0.3 is 10.2 Å². The molecule has 0 aliphatic carbocycles. The maximum Gasteiger partial charge on any atom is 0.251 e. The summed E-state index contributed by atoms with van der Waals surface area (Å²) in [5.74, 6) is 0.0701. The Kier molecular flexibility index (Phi) is 4.22. The first-order valence-electron chi connectivity index (χ1n) is 8.60. The molecule has 0 unspecified atom stereocenters. The number of carbonyl (C=O) groups is 2. The monoisotopic (exact) mass is 354 g/mol. The average molecular weight is 355 g/mol. The van der Waals surface area contributed by atoms with Gasteiger partial charge in [0.15, 0.2) is 0 Å². The number of rotatable bonds is 4. The molecule has 0 saturated carbocycles. The fourth-order valence-electron chi connectivity index (χ4n) is 3.68. The lowest BCUT2D eigenvalue weighted by Crippen LogP contribution is -2.31. The highest BCUT2D eigenvalue weighted by atomic mass is 35.5. The number of hydrogen-bond donors (Lipinski definition) is 1. The second-order valence-corrected chi connectivity index (χ2v) is 7.04. The molecule has 0 saturated heterocycles. The largest absolute Gasteiger partial charge is 0.352 e. The van der Waals surface area contributed by atoms with E-state index in [9.17, 15) is 9.59 Å². The molecule has 2 aromatic carbocycles. The molecule has 2 amide bonds. The van der Waals surface area contributed by atoms with Gasteiger partial charge in [-0.15, -0.1) is 0 Å². The summed E-state index contributed by atoms with van der Waals surface area (Å²) >= 11 is 5.88. The quantitative estimate of drug-likeness (QED) is 0.917. The molecular weight excluding hydrogens is 336 g/mol. The number of carbonyl (C=O) groups excluding carboxylic acids is 2. The first-order chi connectivity index (χ1) is 12.1. The van der Waals surface area contributed by atoms with Crippen LogP contribution in [0.25, 0.3) is 0 Å². The molecule has 0 fully saturated rings. The van der Waals surface area contributed by atoms with Gasteiger partial charge in [-0.25, -0.2) is 0 Å². The second kappa shape index (κ2) is 6.52. The summed E-state index contributed by atoms with van der Waals surface area (Å²) in [6.07, 6.45) is 3.05. The van der Waals surface area contributed by atoms with Crippen LogP contribution in [0.5, 0.6) is 0 Å². The van der Waals surface area contributed by atoms with Crippen LogP contribution in [0.2, 0.25) is 5.02 Å². The van der Waals surface area contributed by atoms with Gasteiger partial charge >= 0.3 is 0 Å². The highest BCUT2D eigenvalue weighted by Gasteiger charge is 2.32. The minimum atomic E-state index is -0.0792. The Bertz CT molecular complexity index is 846. The van der Waals surface area contributed by atoms with E-state index in [0.29, 0.717) is 23.6 Å². The van der Waals surface area contributed by atoms with Gasteiger partial charge in [-0.1, -0.05) is 23.7 Å². The van der Waals surface area contributed by atoms with Crippen molar-refractivity contribution in [2.45, 2.75) is 25.7 Å². The summed E-state index contributed by atoms with van der Waals surface area (Å²) in [5, 5.41) is 3.69. The Morgan fingerprint density at radius 2 is 1.92 bits per heavy atom. The number of nitrogens with zero attached hydrogens (tertiary/aromatic N) is 1. The lowest BCUT2D eigenvalue weighted by molar-refractivity contribution is -0.117. The Balaban J connectivity index is 1.45. The minimum absolute atomic E-state index is 0.0792. The predicted molar refractivity (Wildman–Crippen MR) is 98.3 cm³/mol. The summed E-state index contributed by atoms with van der Waals surface area (Å²) in [6, 6.07) is 11.5. The molecule has 0 radical (unpaired) electrons. The number of amides is 2. The van der Waals surface area contributed by atoms with E-state index < -0.39 is 0 Å². The van der Waals surface area contributed by atoms with Crippen LogP contribution in [-0.2, 0) is 24.1 Å². The van der Waals surface area contributed by atoms with E-state index >= 15 is 0 Å². The lowest BCUT2D eigenvalue weighted by atomic mass is 9.96. The molecule has 25 heavy (non-hydrogen) atoms. The van der Waals surface area contributed by atoms with Crippen LogP contribution in [0, 0.1) is 0 Å². The maximum absolute atomic E-state index is 12.5. The maximum atomic E-state index is 12.5. The third-order valence-electron chi connectivity index (χ3n) is 4.88. The molecule has 4 nitrogen and oxygen atoms in total. The molecule has 4 rings (SSSR count). The molecule has 1 N–H and O–H groups in total. The third-order valence-corrected chi connectivity index (χ3v) is 5.13. The first kappa shape index (κ1) is 16.2. The van der Waals surface area contributed by atoms with Gasteiger partial charge in [-0.05, 0) is 60.2 Å². The van der Waals surface area contributed by atoms with Crippen LogP contribution < -0.4 is 10.2 Å². The normalized spacial score (nSPS) is 15.2. The van der Waals surface area contributed by atoms with Gasteiger partial charge in [0.2, 0.25) is 5.91 Å². The highest BCUT2D eigenvalue weighted by Crippen LogP contribution is 2.37. The van der Waals surface area contributed by atoms with Crippen LogP contribution in [0.3, 0.4) is 0 Å². The molecule has 5 heteroatoms. The molecule has 0 spiro atoms. The summed E-state index contributed by atoms with van der Waals surface area (Å²) < 4.78 is 0. The van der Waals surface area contributed by atoms with Crippen LogP contribution in [0.1, 0.15) is 33.5 Å². The first-order valence-corrected chi connectivity index (χ1v) is 8.98. The van der Waals surface area contributed by atoms with Crippen molar-refractivity contribution in [3.8, 4) is 0 Å². The molecule has 2 heterocycles. The van der Waals surface area contributed by atoms with Gasteiger partial charge in [-0.2, -0.15) is 0 Å². The molecule has 0 aromatic heterocycles. The van der Waals surface area contributed by atoms with Crippen molar-refractivity contribution in [3.63, 3.8) is 0 Å². The molecule has 0 bridgehead atoms. The zero-order valence-electron chi connectivity index (χ0n) is 13.8. The van der Waals surface area contributed by atoms with E-state index in [2.05, 4.69) is 5.32 Å². The SMILES string of the molecule is O=C(NCCc1ccc(Cl)cc1)c1cc2c3c(c1)CC(=O)N3CCC2. The standard InChI is InChI=1S/C20H19ClN2O2/c21-17-5-3-13(4-6-17)7-8-22-20(25)16-10-14-2-1-9-23-18(24)12-15(11-16)19(14)23/h3-6,10-11H,1-2,7-9,12H2,(H,22,25). The number of anilines is 1. The van der Waals surface area contributed by atoms with Gasteiger partial charge in [0.05, 0.1) is 12.1 Å². The summed E-state index contributed by atoms with van der Waals surface area (Å²) in [6.45, 7) is 1.36. The molecule has 128 valence electrons. The Morgan fingerprint density at radius 3 is 2.72 bits per heavy atom. The van der Waals surface area contributed by atoms with E-state index in [0.717, 1.165) is 48.2 Å². The van der Waals surface area contributed by atoms with E-state index in [1.54, 1.807) is 0 Å². The number of benzene rings is 2. The average Bonchev–Trinajstić information content (AvgIpc) is 2.94. The van der Waals surface area contributed by atoms with E-state index in [4.69, 9.17) is 11.6 Å². The van der Waals surface area contributed by atoms with Gasteiger partial charge in [-0.3, -0.25) is 9.59 Å². The van der Waals surface area contributed by atoms with Crippen LogP contribution in [0.4, 0.5) is 5.69 Å². The van der Waals surface area contributed by atoms with E-state index in [-0.39, 0.29) is 11.8 Å². The lowest BCUT2D eigenvalue weighted by Gasteiger charge is -2.25. The number of aryl methyl sites for hydroxylation is 1. The fraction of sp³-hybridized carbons (Fsp3) is 0.300. The minimum Gasteiger partial charge on any atom is -0.352 e. The third kappa shape index (κ3) is 3.14. The van der Waals surface area contributed by atoms with Gasteiger partial charge in [0.1, 0.15) is 0 Å². The number of hydrogen-bond acceptors (Lipinski definition) is 2. The highest BCUT2D eigenvalue weighted by molar-refractivity contribution is 6.30. The van der Waals surface area contributed by atoms with Crippen molar-refractivity contribution in [1.82, 2.24) is 5.32 Å². The van der Waals surface area contributed by atoms with Crippen molar-refractivity contribution in [3.05, 3.63) is 63.7 Å². The summed E-state index contributed by atoms with van der Waals surface area (Å²) in [7, 11) is 0. The van der Waals surface area contributed by atoms with Crippen molar-refractivity contribution in [2.75, 3.05) is 18.0 Å². The topological polar surface area (TPSA) is 49.4 Å². The number of halogens is 1. The Hall–Kier alpha value is -2.33. The van der Waals surface area contributed by atoms with Crippen molar-refractivity contribution in [2.24, 2.45) is 0 Å². The van der Waals surface area contributed by atoms with Crippen molar-refractivity contribution >= 4 is 29.1 Å². The van der Waals surface area contributed by atoms with Crippen LogP contribution in [-0.4, -0.2) is 24.9 Å². The zero-order chi connectivity index (χ0) is 17.4.